The summed E-state index contributed by atoms with van der Waals surface area (Å²) in [7, 11) is -3.89. The molecule has 4 rings (SSSR count). The molecule has 0 bridgehead atoms. The number of carbonyl (C=O) groups excluding carboxylic acids is 1. The minimum Gasteiger partial charge on any atom is -0.389 e. The van der Waals surface area contributed by atoms with E-state index in [1.807, 2.05) is 0 Å². The van der Waals surface area contributed by atoms with E-state index in [4.69, 9.17) is 21.1 Å². The zero-order chi connectivity index (χ0) is 24.1. The van der Waals surface area contributed by atoms with Crippen molar-refractivity contribution in [3.05, 3.63) is 29.3 Å². The summed E-state index contributed by atoms with van der Waals surface area (Å²) in [5, 5.41) is 13.7. The number of fused-ring (bicyclic) bond motifs is 1. The largest absolute Gasteiger partial charge is 0.389 e. The molecule has 0 unspecified atom stereocenters. The average molecular weight is 516 g/mol. The molecule has 0 aliphatic carbocycles. The van der Waals surface area contributed by atoms with E-state index in [0.29, 0.717) is 24.4 Å². The summed E-state index contributed by atoms with van der Waals surface area (Å²) in [6.07, 6.45) is 1.96. The highest BCUT2D eigenvalue weighted by molar-refractivity contribution is 7.89. The Morgan fingerprint density at radius 3 is 2.62 bits per heavy atom. The number of β-amino-alcohol motifs (C(OH)–C–C–N with tert-alkyl or cyclic N) is 1. The van der Waals surface area contributed by atoms with Gasteiger partial charge < -0.3 is 24.8 Å². The smallest absolute Gasteiger partial charge is 0.243 e. The van der Waals surface area contributed by atoms with Gasteiger partial charge in [-0.15, -0.1) is 0 Å². The number of aliphatic hydroxyl groups is 1. The van der Waals surface area contributed by atoms with Crippen LogP contribution in [0.5, 0.6) is 0 Å². The SMILES string of the molecule is O=C(C[C@@H]1CC[C@@H]2[C@H](COC[C@@H](O)CN2S(=O)(=O)c2ccc(Cl)cc2)O1)NCCN1CCCC1. The summed E-state index contributed by atoms with van der Waals surface area (Å²) in [5.41, 5.74) is 0. The predicted molar refractivity (Wildman–Crippen MR) is 127 cm³/mol. The molecule has 34 heavy (non-hydrogen) atoms. The summed E-state index contributed by atoms with van der Waals surface area (Å²) in [4.78, 5) is 14.9. The van der Waals surface area contributed by atoms with Gasteiger partial charge in [0.05, 0.1) is 48.9 Å². The number of nitrogens with zero attached hydrogens (tertiary/aromatic N) is 2. The zero-order valence-corrected chi connectivity index (χ0v) is 20.8. The monoisotopic (exact) mass is 515 g/mol. The Morgan fingerprint density at radius 2 is 1.88 bits per heavy atom. The van der Waals surface area contributed by atoms with Crippen LogP contribution >= 0.6 is 11.6 Å². The standard InChI is InChI=1S/C23H34ClN3O6S/c24-17-3-6-20(7-4-17)34(30,31)27-14-18(28)15-32-16-22-21(27)8-5-19(33-22)13-23(29)25-9-12-26-10-1-2-11-26/h3-4,6-7,18-19,21-22,28H,1-2,5,8-16H2,(H,25,29)/t18-,19-,21+,22-/m0/s1. The molecule has 3 heterocycles. The van der Waals surface area contributed by atoms with Gasteiger partial charge in [-0.05, 0) is 63.0 Å². The summed E-state index contributed by atoms with van der Waals surface area (Å²) < 4.78 is 40.0. The maximum Gasteiger partial charge on any atom is 0.243 e. The fraction of sp³-hybridized carbons (Fsp3) is 0.696. The minimum atomic E-state index is -3.89. The summed E-state index contributed by atoms with van der Waals surface area (Å²) >= 11 is 5.93. The molecule has 0 spiro atoms. The first-order valence-electron chi connectivity index (χ1n) is 12.0. The maximum absolute atomic E-state index is 13.5. The Morgan fingerprint density at radius 1 is 1.15 bits per heavy atom. The number of likely N-dealkylation sites (tertiary alicyclic amines) is 1. The molecule has 3 fully saturated rings. The molecule has 0 saturated carbocycles. The van der Waals surface area contributed by atoms with Crippen LogP contribution in [0.1, 0.15) is 32.1 Å². The van der Waals surface area contributed by atoms with Crippen LogP contribution in [0.15, 0.2) is 29.2 Å². The van der Waals surface area contributed by atoms with Gasteiger partial charge in [0.1, 0.15) is 0 Å². The summed E-state index contributed by atoms with van der Waals surface area (Å²) in [6.45, 7) is 3.74. The van der Waals surface area contributed by atoms with Crippen LogP contribution in [0.4, 0.5) is 0 Å². The Balaban J connectivity index is 1.38. The maximum atomic E-state index is 13.5. The Labute approximate surface area is 206 Å². The molecular formula is C23H34ClN3O6S. The van der Waals surface area contributed by atoms with E-state index in [9.17, 15) is 18.3 Å². The molecule has 0 radical (unpaired) electrons. The molecule has 1 aromatic carbocycles. The zero-order valence-electron chi connectivity index (χ0n) is 19.3. The molecule has 3 saturated heterocycles. The second-order valence-corrected chi connectivity index (χ2v) is 11.6. The van der Waals surface area contributed by atoms with Gasteiger partial charge in [0.2, 0.25) is 15.9 Å². The predicted octanol–water partition coefficient (Wildman–Crippen LogP) is 1.24. The minimum absolute atomic E-state index is 0.0148. The molecule has 0 aromatic heterocycles. The first-order chi connectivity index (χ1) is 16.3. The van der Waals surface area contributed by atoms with Crippen LogP contribution in [0, 0.1) is 0 Å². The van der Waals surface area contributed by atoms with E-state index >= 15 is 0 Å². The van der Waals surface area contributed by atoms with Crippen LogP contribution in [0.3, 0.4) is 0 Å². The second-order valence-electron chi connectivity index (χ2n) is 9.26. The normalized spacial score (nSPS) is 29.2. The number of ether oxygens (including phenoxy) is 2. The number of amides is 1. The van der Waals surface area contributed by atoms with Crippen LogP contribution < -0.4 is 5.32 Å². The molecule has 4 atom stereocenters. The third-order valence-electron chi connectivity index (χ3n) is 6.72. The fourth-order valence-electron chi connectivity index (χ4n) is 4.95. The van der Waals surface area contributed by atoms with Crippen molar-refractivity contribution in [3.8, 4) is 0 Å². The molecule has 1 aromatic rings. The first-order valence-corrected chi connectivity index (χ1v) is 13.8. The highest BCUT2D eigenvalue weighted by atomic mass is 35.5. The van der Waals surface area contributed by atoms with Gasteiger partial charge in [-0.1, -0.05) is 11.6 Å². The van der Waals surface area contributed by atoms with Crippen molar-refractivity contribution in [2.24, 2.45) is 0 Å². The van der Waals surface area contributed by atoms with Gasteiger partial charge in [-0.3, -0.25) is 4.79 Å². The topological polar surface area (TPSA) is 108 Å². The number of halogens is 1. The second kappa shape index (κ2) is 11.6. The lowest BCUT2D eigenvalue weighted by Crippen LogP contribution is -2.57. The number of hydrogen-bond donors (Lipinski definition) is 2. The Kier molecular flexibility index (Phi) is 8.84. The number of sulfonamides is 1. The fourth-order valence-corrected chi connectivity index (χ4v) is 6.79. The van der Waals surface area contributed by atoms with E-state index in [1.165, 1.54) is 41.4 Å². The van der Waals surface area contributed by atoms with Crippen LogP contribution in [-0.4, -0.2) is 98.9 Å². The molecule has 2 N–H and O–H groups in total. The lowest BCUT2D eigenvalue weighted by Gasteiger charge is -2.43. The number of benzene rings is 1. The van der Waals surface area contributed by atoms with Crippen LogP contribution in [-0.2, 0) is 24.3 Å². The molecule has 3 aliphatic heterocycles. The van der Waals surface area contributed by atoms with Gasteiger partial charge in [0.15, 0.2) is 0 Å². The van der Waals surface area contributed by atoms with E-state index in [2.05, 4.69) is 10.2 Å². The average Bonchev–Trinajstić information content (AvgIpc) is 3.30. The third kappa shape index (κ3) is 6.48. The lowest BCUT2D eigenvalue weighted by molar-refractivity contribution is -0.146. The number of rotatable bonds is 7. The van der Waals surface area contributed by atoms with Crippen molar-refractivity contribution in [1.29, 1.82) is 0 Å². The van der Waals surface area contributed by atoms with Crippen LogP contribution in [0.25, 0.3) is 0 Å². The number of aliphatic hydroxyl groups excluding tert-OH is 1. The van der Waals surface area contributed by atoms with Crippen molar-refractivity contribution in [2.75, 3.05) is 45.9 Å². The van der Waals surface area contributed by atoms with Crippen LogP contribution in [0.2, 0.25) is 5.02 Å². The third-order valence-corrected chi connectivity index (χ3v) is 8.87. The van der Waals surface area contributed by atoms with Crippen molar-refractivity contribution >= 4 is 27.5 Å². The van der Waals surface area contributed by atoms with Gasteiger partial charge in [-0.2, -0.15) is 4.31 Å². The molecule has 190 valence electrons. The van der Waals surface area contributed by atoms with E-state index in [-0.39, 0.29) is 43.1 Å². The molecule has 11 heteroatoms. The number of nitrogens with one attached hydrogen (secondary N) is 1. The molecule has 9 nitrogen and oxygen atoms in total. The van der Waals surface area contributed by atoms with Crippen molar-refractivity contribution in [3.63, 3.8) is 0 Å². The van der Waals surface area contributed by atoms with Gasteiger partial charge >= 0.3 is 0 Å². The van der Waals surface area contributed by atoms with E-state index in [1.54, 1.807) is 0 Å². The Hall–Kier alpha value is -1.27. The van der Waals surface area contributed by atoms with Gasteiger partial charge in [0, 0.05) is 24.7 Å². The number of hydrogen-bond acceptors (Lipinski definition) is 7. The summed E-state index contributed by atoms with van der Waals surface area (Å²) in [5.74, 6) is -0.0597. The molecule has 1 amide bonds. The van der Waals surface area contributed by atoms with Crippen molar-refractivity contribution in [1.82, 2.24) is 14.5 Å². The molecular weight excluding hydrogens is 482 g/mol. The quantitative estimate of drug-likeness (QED) is 0.562. The highest BCUT2D eigenvalue weighted by Gasteiger charge is 2.43. The van der Waals surface area contributed by atoms with E-state index < -0.39 is 28.3 Å². The van der Waals surface area contributed by atoms with Gasteiger partial charge in [0.25, 0.3) is 0 Å². The Bertz CT molecular complexity index is 925. The highest BCUT2D eigenvalue weighted by Crippen LogP contribution is 2.31. The van der Waals surface area contributed by atoms with Gasteiger partial charge in [-0.25, -0.2) is 8.42 Å². The summed E-state index contributed by atoms with van der Waals surface area (Å²) in [6, 6.07) is 5.50. The first kappa shape index (κ1) is 25.8. The van der Waals surface area contributed by atoms with Crippen molar-refractivity contribution in [2.45, 2.75) is 61.4 Å². The molecule has 3 aliphatic rings. The number of carbonyl (C=O) groups is 1. The van der Waals surface area contributed by atoms with E-state index in [0.717, 1.165) is 19.6 Å². The van der Waals surface area contributed by atoms with Crippen molar-refractivity contribution < 1.29 is 27.8 Å². The lowest BCUT2D eigenvalue weighted by atomic mass is 9.96.